The maximum Gasteiger partial charge on any atom is 0.573 e. The molecule has 2 rings (SSSR count). The van der Waals surface area contributed by atoms with Gasteiger partial charge in [0.25, 0.3) is 0 Å². The van der Waals surface area contributed by atoms with E-state index in [2.05, 4.69) is 14.7 Å². The molecule has 7 heteroatoms. The summed E-state index contributed by atoms with van der Waals surface area (Å²) in [6.07, 6.45) is -3.32. The van der Waals surface area contributed by atoms with E-state index in [1.165, 1.54) is 24.5 Å². The van der Waals surface area contributed by atoms with E-state index < -0.39 is 6.36 Å². The highest BCUT2D eigenvalue weighted by atomic mass is 32.1. The van der Waals surface area contributed by atoms with Crippen LogP contribution in [0, 0.1) is 4.64 Å². The van der Waals surface area contributed by atoms with Crippen LogP contribution in [-0.2, 0) is 0 Å². The Balaban J connectivity index is 2.36. The van der Waals surface area contributed by atoms with Gasteiger partial charge in [0.2, 0.25) is 0 Å². The monoisotopic (exact) mass is 272 g/mol. The van der Waals surface area contributed by atoms with E-state index in [1.807, 2.05) is 0 Å². The van der Waals surface area contributed by atoms with Gasteiger partial charge in [-0.1, -0.05) is 24.4 Å². The number of H-pyrrole nitrogens is 1. The molecule has 1 N–H and O–H groups in total. The molecule has 0 bridgehead atoms. The second kappa shape index (κ2) is 4.77. The Labute approximate surface area is 105 Å². The van der Waals surface area contributed by atoms with Crippen LogP contribution in [0.25, 0.3) is 11.3 Å². The molecular weight excluding hydrogens is 265 g/mol. The van der Waals surface area contributed by atoms with Crippen molar-refractivity contribution in [1.82, 2.24) is 9.97 Å². The first-order valence-electron chi connectivity index (χ1n) is 4.85. The van der Waals surface area contributed by atoms with Crippen molar-refractivity contribution in [3.63, 3.8) is 0 Å². The van der Waals surface area contributed by atoms with E-state index in [-0.39, 0.29) is 5.75 Å². The zero-order valence-electron chi connectivity index (χ0n) is 8.86. The third-order valence-corrected chi connectivity index (χ3v) is 2.28. The fourth-order valence-electron chi connectivity index (χ4n) is 1.40. The van der Waals surface area contributed by atoms with Crippen LogP contribution < -0.4 is 4.74 Å². The third kappa shape index (κ3) is 3.30. The summed E-state index contributed by atoms with van der Waals surface area (Å²) in [7, 11) is 0. The SMILES string of the molecule is FC(F)(F)Oc1cccc(-c2cc(=S)nc[nH]2)c1. The molecule has 0 unspecified atom stereocenters. The summed E-state index contributed by atoms with van der Waals surface area (Å²) in [4.78, 5) is 6.60. The minimum absolute atomic E-state index is 0.281. The number of aromatic nitrogens is 2. The first kappa shape index (κ1) is 12.6. The highest BCUT2D eigenvalue weighted by Gasteiger charge is 2.31. The molecule has 3 nitrogen and oxygen atoms in total. The lowest BCUT2D eigenvalue weighted by Crippen LogP contribution is -2.17. The van der Waals surface area contributed by atoms with Crippen molar-refractivity contribution in [3.05, 3.63) is 41.3 Å². The minimum atomic E-state index is -4.70. The number of aromatic amines is 1. The van der Waals surface area contributed by atoms with Crippen molar-refractivity contribution in [2.24, 2.45) is 0 Å². The van der Waals surface area contributed by atoms with Gasteiger partial charge in [-0.2, -0.15) is 0 Å². The van der Waals surface area contributed by atoms with Gasteiger partial charge in [-0.25, -0.2) is 4.98 Å². The predicted molar refractivity (Wildman–Crippen MR) is 61.5 cm³/mol. The van der Waals surface area contributed by atoms with Crippen LogP contribution in [0.1, 0.15) is 0 Å². The zero-order valence-corrected chi connectivity index (χ0v) is 9.68. The number of benzene rings is 1. The van der Waals surface area contributed by atoms with Gasteiger partial charge in [0.1, 0.15) is 10.4 Å². The van der Waals surface area contributed by atoms with Crippen LogP contribution >= 0.6 is 12.2 Å². The first-order chi connectivity index (χ1) is 8.44. The van der Waals surface area contributed by atoms with Crippen molar-refractivity contribution < 1.29 is 17.9 Å². The number of nitrogens with one attached hydrogen (secondary N) is 1. The molecule has 1 heterocycles. The van der Waals surface area contributed by atoms with Crippen molar-refractivity contribution in [1.29, 1.82) is 0 Å². The number of ether oxygens (including phenoxy) is 1. The number of alkyl halides is 3. The molecule has 0 aliphatic carbocycles. The molecule has 0 saturated carbocycles. The summed E-state index contributed by atoms with van der Waals surface area (Å²) in [5, 5.41) is 0. The van der Waals surface area contributed by atoms with Gasteiger partial charge in [0.05, 0.1) is 6.33 Å². The number of halogens is 3. The fourth-order valence-corrected chi connectivity index (χ4v) is 1.57. The lowest BCUT2D eigenvalue weighted by atomic mass is 10.1. The molecule has 2 aromatic rings. The quantitative estimate of drug-likeness (QED) is 0.847. The molecule has 0 aliphatic heterocycles. The predicted octanol–water partition coefficient (Wildman–Crippen LogP) is 3.70. The molecule has 0 spiro atoms. The highest BCUT2D eigenvalue weighted by Crippen LogP contribution is 2.26. The molecule has 1 aromatic heterocycles. The molecule has 94 valence electrons. The normalized spacial score (nSPS) is 11.3. The zero-order chi connectivity index (χ0) is 13.2. The van der Waals surface area contributed by atoms with E-state index in [1.54, 1.807) is 12.1 Å². The Kier molecular flexibility index (Phi) is 3.33. The van der Waals surface area contributed by atoms with Crippen LogP contribution in [-0.4, -0.2) is 16.3 Å². The molecule has 0 aliphatic rings. The first-order valence-corrected chi connectivity index (χ1v) is 5.26. The van der Waals surface area contributed by atoms with Crippen LogP contribution in [0.5, 0.6) is 5.75 Å². The molecule has 0 fully saturated rings. The topological polar surface area (TPSA) is 37.9 Å². The minimum Gasteiger partial charge on any atom is -0.406 e. The molecule has 18 heavy (non-hydrogen) atoms. The number of hydrogen-bond acceptors (Lipinski definition) is 3. The van der Waals surface area contributed by atoms with Crippen molar-refractivity contribution in [2.45, 2.75) is 6.36 Å². The summed E-state index contributed by atoms with van der Waals surface area (Å²) >= 11 is 4.88. The van der Waals surface area contributed by atoms with Gasteiger partial charge in [0.15, 0.2) is 0 Å². The summed E-state index contributed by atoms with van der Waals surface area (Å²) < 4.78 is 40.4. The maximum atomic E-state index is 12.1. The number of nitrogens with zero attached hydrogens (tertiary/aromatic N) is 1. The Morgan fingerprint density at radius 1 is 1.22 bits per heavy atom. The second-order valence-corrected chi connectivity index (χ2v) is 3.79. The van der Waals surface area contributed by atoms with Crippen LogP contribution in [0.2, 0.25) is 0 Å². The van der Waals surface area contributed by atoms with Gasteiger partial charge in [-0.3, -0.25) is 0 Å². The van der Waals surface area contributed by atoms with E-state index in [0.29, 0.717) is 15.9 Å². The molecule has 0 radical (unpaired) electrons. The van der Waals surface area contributed by atoms with Crippen molar-refractivity contribution in [2.75, 3.05) is 0 Å². The molecule has 1 aromatic carbocycles. The Morgan fingerprint density at radius 3 is 2.67 bits per heavy atom. The Morgan fingerprint density at radius 2 is 2.00 bits per heavy atom. The Hall–Kier alpha value is -1.89. The fraction of sp³-hybridized carbons (Fsp3) is 0.0909. The standard InChI is InChI=1S/C11H7F3N2OS/c12-11(13,14)17-8-3-1-2-7(4-8)9-5-10(18)16-6-15-9/h1-6H,(H,15,16,18). The maximum absolute atomic E-state index is 12.1. The second-order valence-electron chi connectivity index (χ2n) is 3.37. The van der Waals surface area contributed by atoms with Gasteiger partial charge in [0, 0.05) is 11.3 Å². The molecule has 0 atom stereocenters. The largest absolute Gasteiger partial charge is 0.573 e. The van der Waals surface area contributed by atoms with Gasteiger partial charge < -0.3 is 9.72 Å². The number of rotatable bonds is 2. The Bertz CT molecular complexity index is 609. The van der Waals surface area contributed by atoms with Crippen LogP contribution in [0.15, 0.2) is 36.7 Å². The van der Waals surface area contributed by atoms with Crippen molar-refractivity contribution in [3.8, 4) is 17.0 Å². The van der Waals surface area contributed by atoms with E-state index in [0.717, 1.165) is 0 Å². The summed E-state index contributed by atoms with van der Waals surface area (Å²) in [5.74, 6) is -0.281. The van der Waals surface area contributed by atoms with Crippen molar-refractivity contribution >= 4 is 12.2 Å². The van der Waals surface area contributed by atoms with E-state index >= 15 is 0 Å². The summed E-state index contributed by atoms with van der Waals surface area (Å²) in [5.41, 5.74) is 1.10. The van der Waals surface area contributed by atoms with E-state index in [4.69, 9.17) is 12.2 Å². The number of hydrogen-bond donors (Lipinski definition) is 1. The molecule has 0 saturated heterocycles. The summed E-state index contributed by atoms with van der Waals surface area (Å²) in [6.45, 7) is 0. The van der Waals surface area contributed by atoms with Crippen LogP contribution in [0.4, 0.5) is 13.2 Å². The lowest BCUT2D eigenvalue weighted by molar-refractivity contribution is -0.274. The van der Waals surface area contributed by atoms with E-state index in [9.17, 15) is 13.2 Å². The average Bonchev–Trinajstić information content (AvgIpc) is 2.27. The summed E-state index contributed by atoms with van der Waals surface area (Å²) in [6, 6.07) is 7.17. The lowest BCUT2D eigenvalue weighted by Gasteiger charge is -2.09. The molecule has 0 amide bonds. The average molecular weight is 272 g/mol. The third-order valence-electron chi connectivity index (χ3n) is 2.06. The van der Waals surface area contributed by atoms with Gasteiger partial charge in [-0.15, -0.1) is 13.2 Å². The highest BCUT2D eigenvalue weighted by molar-refractivity contribution is 7.71. The molecular formula is C11H7F3N2OS. The smallest absolute Gasteiger partial charge is 0.406 e. The van der Waals surface area contributed by atoms with Gasteiger partial charge in [-0.05, 0) is 18.2 Å². The van der Waals surface area contributed by atoms with Crippen LogP contribution in [0.3, 0.4) is 0 Å². The van der Waals surface area contributed by atoms with Gasteiger partial charge >= 0.3 is 6.36 Å².